The van der Waals surface area contributed by atoms with Gasteiger partial charge in [0.05, 0.1) is 45.1 Å². The Kier molecular flexibility index (Phi) is 10.9. The molecule has 0 saturated carbocycles. The van der Waals surface area contributed by atoms with Crippen LogP contribution in [0.15, 0.2) is 65.8 Å². The average Bonchev–Trinajstić information content (AvgIpc) is 3.58. The molecule has 0 amide bonds. The second-order valence-corrected chi connectivity index (χ2v) is 13.5. The fraction of sp³-hybridized carbons (Fsp3) is 0.629. The Morgan fingerprint density at radius 1 is 0.816 bits per heavy atom. The second kappa shape index (κ2) is 15.0. The van der Waals surface area contributed by atoms with Crippen LogP contribution >= 0.6 is 0 Å². The molecule has 4 fully saturated rings. The van der Waals surface area contributed by atoms with Crippen LogP contribution in [0.5, 0.6) is 0 Å². The van der Waals surface area contributed by atoms with Crippen LogP contribution in [0, 0.1) is 5.92 Å². The van der Waals surface area contributed by atoms with Crippen molar-refractivity contribution in [2.45, 2.75) is 121 Å². The molecule has 6 rings (SSSR count). The average molecular weight is 684 g/mol. The lowest BCUT2D eigenvalue weighted by atomic mass is 9.85. The van der Waals surface area contributed by atoms with Crippen LogP contribution in [-0.2, 0) is 65.4 Å². The normalized spacial score (nSPS) is 35.1. The number of carbonyl (C=O) groups excluding carboxylic acids is 1. The maximum absolute atomic E-state index is 13.3. The highest BCUT2D eigenvalue weighted by molar-refractivity contribution is 5.76. The molecule has 0 aromatic heterocycles. The molecule has 0 aliphatic carbocycles. The van der Waals surface area contributed by atoms with E-state index in [-0.39, 0.29) is 19.8 Å². The van der Waals surface area contributed by atoms with Crippen molar-refractivity contribution < 1.29 is 52.2 Å². The van der Waals surface area contributed by atoms with Gasteiger partial charge < -0.3 is 47.4 Å². The van der Waals surface area contributed by atoms with Crippen molar-refractivity contribution in [1.29, 1.82) is 0 Å². The molecule has 0 radical (unpaired) electrons. The zero-order chi connectivity index (χ0) is 34.8. The fourth-order valence-electron chi connectivity index (χ4n) is 6.94. The summed E-state index contributed by atoms with van der Waals surface area (Å²) >= 11 is 0. The number of hydrogen-bond acceptors (Lipinski definition) is 12. The zero-order valence-corrected chi connectivity index (χ0v) is 28.6. The highest BCUT2D eigenvalue weighted by Crippen LogP contribution is 2.45. The van der Waals surface area contributed by atoms with Gasteiger partial charge >= 0.3 is 5.97 Å². The Morgan fingerprint density at radius 2 is 1.39 bits per heavy atom. The van der Waals surface area contributed by atoms with E-state index in [0.717, 1.165) is 11.1 Å². The summed E-state index contributed by atoms with van der Waals surface area (Å²) in [7, 11) is 1.23. The second-order valence-electron chi connectivity index (χ2n) is 13.5. The zero-order valence-electron chi connectivity index (χ0n) is 28.6. The van der Waals surface area contributed by atoms with E-state index in [1.165, 1.54) is 7.11 Å². The molecular weight excluding hydrogens is 638 g/mol. The quantitative estimate of drug-likeness (QED) is 0.131. The minimum Gasteiger partial charge on any atom is -0.469 e. The van der Waals surface area contributed by atoms with Gasteiger partial charge in [-0.1, -0.05) is 65.8 Å². The van der Waals surface area contributed by atoms with Crippen molar-refractivity contribution in [3.05, 3.63) is 82.2 Å². The first-order valence-electron chi connectivity index (χ1n) is 16.6. The van der Waals surface area contributed by atoms with E-state index < -0.39 is 84.8 Å². The summed E-state index contributed by atoms with van der Waals surface area (Å²) in [6.45, 7) is 9.51. The van der Waals surface area contributed by atoms with Gasteiger partial charge in [0.25, 0.3) is 0 Å². The third-order valence-corrected chi connectivity index (χ3v) is 9.06. The van der Waals surface area contributed by atoms with Crippen molar-refractivity contribution in [3.8, 4) is 0 Å². The molecule has 4 aliphatic rings. The molecule has 2 aromatic rings. The van der Waals surface area contributed by atoms with Crippen LogP contribution in [0.4, 0.5) is 0 Å². The van der Waals surface area contributed by atoms with Crippen LogP contribution < -0.4 is 0 Å². The van der Waals surface area contributed by atoms with E-state index >= 15 is 0 Å². The van der Waals surface area contributed by atoms with E-state index in [2.05, 4.69) is 10.0 Å². The molecule has 0 spiro atoms. The lowest BCUT2D eigenvalue weighted by Crippen LogP contribution is -2.61. The molecule has 266 valence electrons. The summed E-state index contributed by atoms with van der Waals surface area (Å²) < 4.78 is 62.2. The number of fused-ring (bicyclic) bond motifs is 3. The van der Waals surface area contributed by atoms with Crippen LogP contribution in [-0.4, -0.2) is 92.6 Å². The van der Waals surface area contributed by atoms with Gasteiger partial charge in [-0.25, -0.2) is 0 Å². The number of methoxy groups -OCH3 is 1. The molecule has 11 atom stereocenters. The summed E-state index contributed by atoms with van der Waals surface area (Å²) in [6, 6.07) is 17.9. The van der Waals surface area contributed by atoms with E-state index in [4.69, 9.17) is 47.4 Å². The molecule has 0 N–H and O–H groups in total. The molecule has 0 unspecified atom stereocenters. The predicted molar refractivity (Wildman–Crippen MR) is 171 cm³/mol. The van der Waals surface area contributed by atoms with Crippen LogP contribution in [0.3, 0.4) is 0 Å². The van der Waals surface area contributed by atoms with Gasteiger partial charge in [0, 0.05) is 4.91 Å². The largest absolute Gasteiger partial charge is 0.469 e. The van der Waals surface area contributed by atoms with E-state index in [0.29, 0.717) is 0 Å². The van der Waals surface area contributed by atoms with Gasteiger partial charge in [0.1, 0.15) is 36.6 Å². The Balaban J connectivity index is 1.29. The first-order valence-corrected chi connectivity index (χ1v) is 16.6. The van der Waals surface area contributed by atoms with Crippen molar-refractivity contribution in [1.82, 2.24) is 0 Å². The Bertz CT molecular complexity index is 1460. The van der Waals surface area contributed by atoms with Gasteiger partial charge in [0.15, 0.2) is 24.2 Å². The molecule has 49 heavy (non-hydrogen) atoms. The maximum atomic E-state index is 13.3. The maximum Gasteiger partial charge on any atom is 0.315 e. The molecule has 2 aromatic carbocycles. The topological polar surface area (TPSA) is 158 Å². The first-order chi connectivity index (χ1) is 23.5. The van der Waals surface area contributed by atoms with E-state index in [1.807, 2.05) is 95.3 Å². The first kappa shape index (κ1) is 35.7. The number of ether oxygens (including phenoxy) is 10. The van der Waals surface area contributed by atoms with Crippen molar-refractivity contribution in [2.24, 2.45) is 11.0 Å². The summed E-state index contributed by atoms with van der Waals surface area (Å²) in [6.07, 6.45) is -6.18. The fourth-order valence-corrected chi connectivity index (χ4v) is 6.94. The number of hydrogen-bond donors (Lipinski definition) is 0. The monoisotopic (exact) mass is 683 g/mol. The molecule has 4 aliphatic heterocycles. The van der Waals surface area contributed by atoms with Crippen molar-refractivity contribution in [2.75, 3.05) is 13.7 Å². The third-order valence-electron chi connectivity index (χ3n) is 9.06. The lowest BCUT2D eigenvalue weighted by molar-refractivity contribution is -0.312. The Hall–Kier alpha value is -3.14. The highest BCUT2D eigenvalue weighted by atomic mass is 16.9. The smallest absolute Gasteiger partial charge is 0.315 e. The van der Waals surface area contributed by atoms with E-state index in [9.17, 15) is 10.3 Å². The van der Waals surface area contributed by atoms with Gasteiger partial charge in [-0.05, 0) is 51.3 Å². The van der Waals surface area contributed by atoms with Crippen LogP contribution in [0.25, 0.3) is 10.4 Å². The van der Waals surface area contributed by atoms with Crippen LogP contribution in [0.2, 0.25) is 0 Å². The molecule has 4 saturated heterocycles. The molecular formula is C35H45N3O11. The number of esters is 1. The molecule has 4 heterocycles. The Morgan fingerprint density at radius 3 is 2.00 bits per heavy atom. The van der Waals surface area contributed by atoms with Gasteiger partial charge in [-0.3, -0.25) is 4.79 Å². The highest BCUT2D eigenvalue weighted by Gasteiger charge is 2.61. The van der Waals surface area contributed by atoms with Crippen molar-refractivity contribution in [3.63, 3.8) is 0 Å². The minimum atomic E-state index is -1.38. The number of benzene rings is 2. The number of nitrogens with zero attached hydrogens (tertiary/aromatic N) is 3. The summed E-state index contributed by atoms with van der Waals surface area (Å²) in [4.78, 5) is 16.3. The SMILES string of the molecule is COC(=O)[C@@H](N=[N+]=[N-])[C@@H]1[C@@H](OC[C@H]2O[C@@H]3OC(C)(C)O[C@@H]3[C@H]3OC(C)(C)O[C@H]32)O[C@@H](C)[C@H](OCc2ccccc2)[C@H]1OCc1ccccc1. The minimum absolute atomic E-state index is 0.0490. The number of rotatable bonds is 12. The van der Waals surface area contributed by atoms with E-state index in [1.54, 1.807) is 0 Å². The van der Waals surface area contributed by atoms with Crippen LogP contribution in [0.1, 0.15) is 45.7 Å². The molecule has 14 heteroatoms. The summed E-state index contributed by atoms with van der Waals surface area (Å²) in [5.74, 6) is -3.55. The molecule has 14 nitrogen and oxygen atoms in total. The Labute approximate surface area is 285 Å². The predicted octanol–water partition coefficient (Wildman–Crippen LogP) is 4.78. The standard InChI is InChI=1S/C35H45N3O11/c1-20-26(41-17-21-13-9-7-10-14-21)28(42-18-22-15-11-8-12-16-22)24(25(37-38-36)31(39)40-6)32(44-20)43-19-23-27-29(47-34(2,3)46-27)30-33(45-23)49-35(4,5)48-30/h7-16,20,23-30,32-33H,17-19H2,1-6H3/t20-,23+,24-,25-,26-,27-,28-,29-,30+,32-,33+/m0/s1. The summed E-state index contributed by atoms with van der Waals surface area (Å²) in [5, 5.41) is 3.88. The van der Waals surface area contributed by atoms with Gasteiger partial charge in [-0.15, -0.1) is 0 Å². The number of azide groups is 1. The number of carbonyl (C=O) groups is 1. The summed E-state index contributed by atoms with van der Waals surface area (Å²) in [5.41, 5.74) is 11.4. The molecule has 0 bridgehead atoms. The third kappa shape index (κ3) is 8.10. The van der Waals surface area contributed by atoms with Gasteiger partial charge in [0.2, 0.25) is 0 Å². The lowest BCUT2D eigenvalue weighted by Gasteiger charge is -2.47. The van der Waals surface area contributed by atoms with Crippen molar-refractivity contribution >= 4 is 5.97 Å². The van der Waals surface area contributed by atoms with Gasteiger partial charge in [-0.2, -0.15) is 0 Å².